The summed E-state index contributed by atoms with van der Waals surface area (Å²) in [6.45, 7) is 2.12. The van der Waals surface area contributed by atoms with Crippen LogP contribution in [0.4, 0.5) is 8.78 Å². The largest absolute Gasteiger partial charge is 0.477 e. The molecule has 0 radical (unpaired) electrons. The summed E-state index contributed by atoms with van der Waals surface area (Å²) in [4.78, 5) is 8.41. The predicted molar refractivity (Wildman–Crippen MR) is 99.7 cm³/mol. The molecule has 2 aromatic heterocycles. The highest BCUT2D eigenvalue weighted by Crippen LogP contribution is 2.36. The lowest BCUT2D eigenvalue weighted by molar-refractivity contribution is 0.322. The van der Waals surface area contributed by atoms with Gasteiger partial charge >= 0.3 is 6.01 Å². The van der Waals surface area contributed by atoms with Crippen LogP contribution in [0.1, 0.15) is 6.92 Å². The van der Waals surface area contributed by atoms with Crippen molar-refractivity contribution >= 4 is 22.6 Å². The molecule has 0 amide bonds. The molecule has 0 unspecified atom stereocenters. The lowest BCUT2D eigenvalue weighted by Crippen LogP contribution is -2.00. The summed E-state index contributed by atoms with van der Waals surface area (Å²) >= 11 is 6.29. The van der Waals surface area contributed by atoms with Gasteiger partial charge in [0, 0.05) is 16.7 Å². The number of H-pyrrole nitrogens is 1. The van der Waals surface area contributed by atoms with Gasteiger partial charge in [-0.25, -0.2) is 8.78 Å². The van der Waals surface area contributed by atoms with Crippen molar-refractivity contribution in [3.8, 4) is 28.9 Å². The maximum Gasteiger partial charge on any atom is 0.327 e. The van der Waals surface area contributed by atoms with E-state index in [2.05, 4.69) is 20.2 Å². The van der Waals surface area contributed by atoms with Crippen LogP contribution in [0.3, 0.4) is 0 Å². The second-order valence-corrected chi connectivity index (χ2v) is 6.11. The van der Waals surface area contributed by atoms with E-state index in [-0.39, 0.29) is 23.3 Å². The number of nitrogens with one attached hydrogen (secondary N) is 1. The third-order valence-electron chi connectivity index (χ3n) is 3.88. The minimum atomic E-state index is -0.875. The van der Waals surface area contributed by atoms with E-state index in [0.717, 1.165) is 12.1 Å². The molecule has 0 saturated heterocycles. The lowest BCUT2D eigenvalue weighted by atomic mass is 10.1. The number of aromatic nitrogens is 4. The van der Waals surface area contributed by atoms with E-state index in [1.54, 1.807) is 13.0 Å². The highest BCUT2D eigenvalue weighted by Gasteiger charge is 2.20. The van der Waals surface area contributed by atoms with Crippen molar-refractivity contribution in [3.05, 3.63) is 59.1 Å². The quantitative estimate of drug-likeness (QED) is 0.500. The number of aromatic amines is 1. The summed E-state index contributed by atoms with van der Waals surface area (Å²) in [6, 6.07) is 9.98. The molecule has 9 heteroatoms. The number of hydrogen-bond acceptors (Lipinski definition) is 5. The minimum absolute atomic E-state index is 0.182. The molecule has 0 saturated carbocycles. The highest BCUT2D eigenvalue weighted by molar-refractivity contribution is 6.33. The van der Waals surface area contributed by atoms with E-state index in [4.69, 9.17) is 21.1 Å². The van der Waals surface area contributed by atoms with Crippen LogP contribution in [0.25, 0.3) is 22.3 Å². The first-order valence-electron chi connectivity index (χ1n) is 8.33. The molecule has 0 spiro atoms. The Morgan fingerprint density at radius 3 is 2.68 bits per heavy atom. The summed E-state index contributed by atoms with van der Waals surface area (Å²) in [6.07, 6.45) is 0. The van der Waals surface area contributed by atoms with Gasteiger partial charge in [-0.3, -0.25) is 5.10 Å². The number of halogens is 3. The van der Waals surface area contributed by atoms with Crippen molar-refractivity contribution in [1.82, 2.24) is 20.2 Å². The standard InChI is InChI=1S/C19H13ClF2N4O2/c1-2-27-18-15-16(11-5-3-4-6-12(11)20)25-26-17(15)23-19(24-18)28-14-8-7-10(21)9-13(14)22/h3-9H,2H2,1H3,(H,23,24,25,26). The van der Waals surface area contributed by atoms with Crippen molar-refractivity contribution in [3.63, 3.8) is 0 Å². The average Bonchev–Trinajstić information content (AvgIpc) is 3.09. The Bertz CT molecular complexity index is 1170. The molecular weight excluding hydrogens is 390 g/mol. The van der Waals surface area contributed by atoms with Crippen LogP contribution in [0.5, 0.6) is 17.6 Å². The molecule has 2 aromatic carbocycles. The minimum Gasteiger partial charge on any atom is -0.477 e. The molecule has 28 heavy (non-hydrogen) atoms. The second kappa shape index (κ2) is 7.40. The van der Waals surface area contributed by atoms with E-state index < -0.39 is 11.6 Å². The lowest BCUT2D eigenvalue weighted by Gasteiger charge is -2.09. The zero-order chi connectivity index (χ0) is 19.7. The highest BCUT2D eigenvalue weighted by atomic mass is 35.5. The first kappa shape index (κ1) is 18.1. The predicted octanol–water partition coefficient (Wildman–Crippen LogP) is 5.14. The SMILES string of the molecule is CCOc1nc(Oc2ccc(F)cc2F)nc2n[nH]c(-c3ccccc3Cl)c12. The molecular formula is C19H13ClF2N4O2. The Labute approximate surface area is 163 Å². The molecule has 0 atom stereocenters. The molecule has 0 aliphatic carbocycles. The van der Waals surface area contributed by atoms with Crippen LogP contribution >= 0.6 is 11.6 Å². The van der Waals surface area contributed by atoms with Crippen molar-refractivity contribution in [2.24, 2.45) is 0 Å². The summed E-state index contributed by atoms with van der Waals surface area (Å²) in [5, 5.41) is 8.09. The van der Waals surface area contributed by atoms with Crippen molar-refractivity contribution in [2.75, 3.05) is 6.61 Å². The van der Waals surface area contributed by atoms with E-state index in [0.29, 0.717) is 34.3 Å². The van der Waals surface area contributed by atoms with Gasteiger partial charge in [0.15, 0.2) is 17.2 Å². The van der Waals surface area contributed by atoms with Gasteiger partial charge in [0.25, 0.3) is 0 Å². The summed E-state index contributed by atoms with van der Waals surface area (Å²) < 4.78 is 38.0. The Hall–Kier alpha value is -3.26. The van der Waals surface area contributed by atoms with E-state index in [1.165, 1.54) is 0 Å². The molecule has 2 heterocycles. The average molecular weight is 403 g/mol. The third kappa shape index (κ3) is 3.34. The fraction of sp³-hybridized carbons (Fsp3) is 0.105. The Kier molecular flexibility index (Phi) is 4.79. The Morgan fingerprint density at radius 2 is 1.93 bits per heavy atom. The Morgan fingerprint density at radius 1 is 1.11 bits per heavy atom. The summed E-state index contributed by atoms with van der Waals surface area (Å²) in [5.74, 6) is -1.60. The van der Waals surface area contributed by atoms with Crippen molar-refractivity contribution < 1.29 is 18.3 Å². The molecule has 0 bridgehead atoms. The molecule has 6 nitrogen and oxygen atoms in total. The summed E-state index contributed by atoms with van der Waals surface area (Å²) in [5.41, 5.74) is 1.55. The van der Waals surface area contributed by atoms with Crippen molar-refractivity contribution in [2.45, 2.75) is 6.92 Å². The van der Waals surface area contributed by atoms with Gasteiger partial charge in [-0.2, -0.15) is 15.1 Å². The second-order valence-electron chi connectivity index (χ2n) is 5.70. The molecule has 0 aliphatic heterocycles. The van der Waals surface area contributed by atoms with Crippen LogP contribution in [-0.4, -0.2) is 26.8 Å². The number of fused-ring (bicyclic) bond motifs is 1. The number of rotatable bonds is 5. The van der Waals surface area contributed by atoms with Crippen LogP contribution in [0, 0.1) is 11.6 Å². The Balaban J connectivity index is 1.82. The molecule has 142 valence electrons. The number of ether oxygens (including phenoxy) is 2. The molecule has 0 aliphatic rings. The third-order valence-corrected chi connectivity index (χ3v) is 4.21. The monoisotopic (exact) mass is 402 g/mol. The van der Waals surface area contributed by atoms with Gasteiger partial charge in [-0.15, -0.1) is 0 Å². The molecule has 0 fully saturated rings. The van der Waals surface area contributed by atoms with Crippen LogP contribution < -0.4 is 9.47 Å². The zero-order valence-corrected chi connectivity index (χ0v) is 15.3. The van der Waals surface area contributed by atoms with Gasteiger partial charge in [0.2, 0.25) is 5.88 Å². The van der Waals surface area contributed by atoms with E-state index in [1.807, 2.05) is 18.2 Å². The molecule has 4 aromatic rings. The van der Waals surface area contributed by atoms with Crippen molar-refractivity contribution in [1.29, 1.82) is 0 Å². The topological polar surface area (TPSA) is 72.9 Å². The zero-order valence-electron chi connectivity index (χ0n) is 14.5. The van der Waals surface area contributed by atoms with E-state index >= 15 is 0 Å². The first-order valence-corrected chi connectivity index (χ1v) is 8.71. The number of benzene rings is 2. The molecule has 1 N–H and O–H groups in total. The fourth-order valence-corrected chi connectivity index (χ4v) is 2.91. The van der Waals surface area contributed by atoms with Gasteiger partial charge in [0.1, 0.15) is 11.2 Å². The number of hydrogen-bond donors (Lipinski definition) is 1. The maximum absolute atomic E-state index is 13.9. The number of nitrogens with zero attached hydrogens (tertiary/aromatic N) is 3. The van der Waals surface area contributed by atoms with Crippen LogP contribution in [-0.2, 0) is 0 Å². The van der Waals surface area contributed by atoms with E-state index in [9.17, 15) is 8.78 Å². The maximum atomic E-state index is 13.9. The van der Waals surface area contributed by atoms with Gasteiger partial charge in [-0.1, -0.05) is 29.8 Å². The van der Waals surface area contributed by atoms with Crippen LogP contribution in [0.2, 0.25) is 5.02 Å². The summed E-state index contributed by atoms with van der Waals surface area (Å²) in [7, 11) is 0. The van der Waals surface area contributed by atoms with Crippen LogP contribution in [0.15, 0.2) is 42.5 Å². The fourth-order valence-electron chi connectivity index (χ4n) is 2.68. The first-order chi connectivity index (χ1) is 13.6. The van der Waals surface area contributed by atoms with Gasteiger partial charge in [-0.05, 0) is 25.1 Å². The van der Waals surface area contributed by atoms with Gasteiger partial charge in [0.05, 0.1) is 12.3 Å². The molecule has 4 rings (SSSR count). The smallest absolute Gasteiger partial charge is 0.327 e. The normalized spacial score (nSPS) is 11.0. The van der Waals surface area contributed by atoms with Gasteiger partial charge < -0.3 is 9.47 Å².